The van der Waals surface area contributed by atoms with Gasteiger partial charge in [0.2, 0.25) is 0 Å². The van der Waals surface area contributed by atoms with Crippen molar-refractivity contribution in [2.45, 2.75) is 18.9 Å². The maximum atomic E-state index is 11.1. The SMILES string of the molecule is N#Cc1cccc(C(N)=O)c1OC1CC1. The summed E-state index contributed by atoms with van der Waals surface area (Å²) in [5.41, 5.74) is 5.84. The third-order valence-corrected chi connectivity index (χ3v) is 2.21. The number of ether oxygens (including phenoxy) is 1. The average Bonchev–Trinajstić information content (AvgIpc) is 3.01. The molecule has 15 heavy (non-hydrogen) atoms. The van der Waals surface area contributed by atoms with E-state index in [1.807, 2.05) is 6.07 Å². The molecular formula is C11H10N2O2. The second-order valence-corrected chi connectivity index (χ2v) is 3.48. The van der Waals surface area contributed by atoms with Crippen molar-refractivity contribution in [2.75, 3.05) is 0 Å². The molecule has 1 fully saturated rings. The van der Waals surface area contributed by atoms with Crippen LogP contribution in [0.2, 0.25) is 0 Å². The summed E-state index contributed by atoms with van der Waals surface area (Å²) < 4.78 is 5.52. The summed E-state index contributed by atoms with van der Waals surface area (Å²) in [4.78, 5) is 11.1. The van der Waals surface area contributed by atoms with Gasteiger partial charge in [-0.05, 0) is 25.0 Å². The molecule has 0 saturated heterocycles. The van der Waals surface area contributed by atoms with Crippen molar-refractivity contribution >= 4 is 5.91 Å². The molecule has 1 aromatic carbocycles. The number of rotatable bonds is 3. The first-order chi connectivity index (χ1) is 7.22. The van der Waals surface area contributed by atoms with Crippen LogP contribution < -0.4 is 10.5 Å². The van der Waals surface area contributed by atoms with Gasteiger partial charge in [-0.2, -0.15) is 5.26 Å². The van der Waals surface area contributed by atoms with Crippen LogP contribution in [0.1, 0.15) is 28.8 Å². The van der Waals surface area contributed by atoms with Crippen molar-refractivity contribution in [3.05, 3.63) is 29.3 Å². The lowest BCUT2D eigenvalue weighted by Crippen LogP contribution is -2.14. The van der Waals surface area contributed by atoms with Crippen LogP contribution in [0.25, 0.3) is 0 Å². The molecule has 1 aliphatic rings. The van der Waals surface area contributed by atoms with Crippen molar-refractivity contribution < 1.29 is 9.53 Å². The Morgan fingerprint density at radius 3 is 2.80 bits per heavy atom. The van der Waals surface area contributed by atoms with Gasteiger partial charge in [0, 0.05) is 0 Å². The lowest BCUT2D eigenvalue weighted by atomic mass is 10.1. The number of hydrogen-bond acceptors (Lipinski definition) is 3. The average molecular weight is 202 g/mol. The van der Waals surface area contributed by atoms with Gasteiger partial charge in [-0.1, -0.05) is 6.07 Å². The van der Waals surface area contributed by atoms with Gasteiger partial charge in [-0.15, -0.1) is 0 Å². The quantitative estimate of drug-likeness (QED) is 0.800. The van der Waals surface area contributed by atoms with Crippen LogP contribution in [0.5, 0.6) is 5.75 Å². The van der Waals surface area contributed by atoms with Gasteiger partial charge in [0.25, 0.3) is 5.91 Å². The number of amides is 1. The number of nitrogens with two attached hydrogens (primary N) is 1. The van der Waals surface area contributed by atoms with E-state index in [2.05, 4.69) is 0 Å². The van der Waals surface area contributed by atoms with Crippen LogP contribution in [0.15, 0.2) is 18.2 Å². The fourth-order valence-corrected chi connectivity index (χ4v) is 1.30. The molecule has 0 spiro atoms. The molecule has 2 N–H and O–H groups in total. The molecular weight excluding hydrogens is 192 g/mol. The first kappa shape index (κ1) is 9.53. The lowest BCUT2D eigenvalue weighted by molar-refractivity contribution is 0.0996. The molecule has 0 aromatic heterocycles. The van der Waals surface area contributed by atoms with E-state index < -0.39 is 5.91 Å². The summed E-state index contributed by atoms with van der Waals surface area (Å²) >= 11 is 0. The third-order valence-electron chi connectivity index (χ3n) is 2.21. The van der Waals surface area contributed by atoms with Crippen LogP contribution in [-0.2, 0) is 0 Å². The zero-order chi connectivity index (χ0) is 10.8. The van der Waals surface area contributed by atoms with E-state index in [0.29, 0.717) is 11.3 Å². The molecule has 0 bridgehead atoms. The zero-order valence-electron chi connectivity index (χ0n) is 8.06. The second-order valence-electron chi connectivity index (χ2n) is 3.48. The Hall–Kier alpha value is -2.02. The van der Waals surface area contributed by atoms with E-state index in [1.165, 1.54) is 0 Å². The van der Waals surface area contributed by atoms with Gasteiger partial charge in [-0.25, -0.2) is 0 Å². The highest BCUT2D eigenvalue weighted by Crippen LogP contribution is 2.31. The van der Waals surface area contributed by atoms with E-state index in [9.17, 15) is 4.79 Å². The molecule has 1 amide bonds. The van der Waals surface area contributed by atoms with E-state index in [1.54, 1.807) is 18.2 Å². The van der Waals surface area contributed by atoms with Crippen LogP contribution in [0.3, 0.4) is 0 Å². The van der Waals surface area contributed by atoms with Gasteiger partial charge in [0.15, 0.2) is 0 Å². The number of primary amides is 1. The van der Waals surface area contributed by atoms with E-state index in [-0.39, 0.29) is 11.7 Å². The topological polar surface area (TPSA) is 76.1 Å². The summed E-state index contributed by atoms with van der Waals surface area (Å²) in [6.07, 6.45) is 2.08. The highest BCUT2D eigenvalue weighted by molar-refractivity contribution is 5.96. The number of benzene rings is 1. The van der Waals surface area contributed by atoms with Crippen LogP contribution in [0.4, 0.5) is 0 Å². The van der Waals surface area contributed by atoms with Gasteiger partial charge < -0.3 is 10.5 Å². The standard InChI is InChI=1S/C11H10N2O2/c12-6-7-2-1-3-9(11(13)14)10(7)15-8-4-5-8/h1-3,8H,4-5H2,(H2,13,14). The van der Waals surface area contributed by atoms with Gasteiger partial charge in [0.05, 0.1) is 17.2 Å². The van der Waals surface area contributed by atoms with Gasteiger partial charge in [-0.3, -0.25) is 4.79 Å². The van der Waals surface area contributed by atoms with E-state index in [4.69, 9.17) is 15.7 Å². The Labute approximate surface area is 87.3 Å². The third kappa shape index (κ3) is 1.91. The Balaban J connectivity index is 2.44. The van der Waals surface area contributed by atoms with E-state index in [0.717, 1.165) is 12.8 Å². The second kappa shape index (κ2) is 3.62. The molecule has 0 radical (unpaired) electrons. The Morgan fingerprint density at radius 1 is 1.53 bits per heavy atom. The number of nitrogens with zero attached hydrogens (tertiary/aromatic N) is 1. The van der Waals surface area contributed by atoms with Crippen LogP contribution in [-0.4, -0.2) is 12.0 Å². The van der Waals surface area contributed by atoms with E-state index >= 15 is 0 Å². The lowest BCUT2D eigenvalue weighted by Gasteiger charge is -2.09. The molecule has 0 unspecified atom stereocenters. The monoisotopic (exact) mass is 202 g/mol. The number of carbonyl (C=O) groups excluding carboxylic acids is 1. The number of nitriles is 1. The van der Waals surface area contributed by atoms with Gasteiger partial charge in [0.1, 0.15) is 11.8 Å². The molecule has 1 aliphatic carbocycles. The Bertz CT molecular complexity index is 444. The zero-order valence-corrected chi connectivity index (χ0v) is 8.06. The summed E-state index contributed by atoms with van der Waals surface area (Å²) in [5.74, 6) is -0.238. The summed E-state index contributed by atoms with van der Waals surface area (Å²) in [6, 6.07) is 6.80. The summed E-state index contributed by atoms with van der Waals surface area (Å²) in [6.45, 7) is 0. The van der Waals surface area contributed by atoms with Crippen LogP contribution in [0, 0.1) is 11.3 Å². The molecule has 4 nitrogen and oxygen atoms in total. The minimum absolute atomic E-state index is 0.137. The molecule has 4 heteroatoms. The maximum absolute atomic E-state index is 11.1. The minimum Gasteiger partial charge on any atom is -0.488 e. The minimum atomic E-state index is -0.567. The molecule has 1 aromatic rings. The van der Waals surface area contributed by atoms with Crippen molar-refractivity contribution in [3.63, 3.8) is 0 Å². The Kier molecular flexibility index (Phi) is 2.30. The number of carbonyl (C=O) groups is 1. The normalized spacial score (nSPS) is 14.3. The molecule has 76 valence electrons. The number of hydrogen-bond donors (Lipinski definition) is 1. The molecule has 2 rings (SSSR count). The first-order valence-electron chi connectivity index (χ1n) is 4.72. The fraction of sp³-hybridized carbons (Fsp3) is 0.273. The molecule has 1 saturated carbocycles. The van der Waals surface area contributed by atoms with Crippen molar-refractivity contribution in [1.82, 2.24) is 0 Å². The molecule has 0 atom stereocenters. The summed E-state index contributed by atoms with van der Waals surface area (Å²) in [5, 5.41) is 8.88. The number of para-hydroxylation sites is 1. The van der Waals surface area contributed by atoms with Crippen molar-refractivity contribution in [1.29, 1.82) is 5.26 Å². The maximum Gasteiger partial charge on any atom is 0.252 e. The smallest absolute Gasteiger partial charge is 0.252 e. The van der Waals surface area contributed by atoms with Gasteiger partial charge >= 0.3 is 0 Å². The predicted molar refractivity (Wildman–Crippen MR) is 53.3 cm³/mol. The first-order valence-corrected chi connectivity index (χ1v) is 4.72. The molecule has 0 aliphatic heterocycles. The highest BCUT2D eigenvalue weighted by atomic mass is 16.5. The Morgan fingerprint density at radius 2 is 2.27 bits per heavy atom. The van der Waals surface area contributed by atoms with Crippen LogP contribution >= 0.6 is 0 Å². The summed E-state index contributed by atoms with van der Waals surface area (Å²) in [7, 11) is 0. The fourth-order valence-electron chi connectivity index (χ4n) is 1.30. The predicted octanol–water partition coefficient (Wildman–Crippen LogP) is 1.20. The van der Waals surface area contributed by atoms with Crippen molar-refractivity contribution in [3.8, 4) is 11.8 Å². The van der Waals surface area contributed by atoms with Crippen molar-refractivity contribution in [2.24, 2.45) is 5.73 Å². The largest absolute Gasteiger partial charge is 0.488 e. The highest BCUT2D eigenvalue weighted by Gasteiger charge is 2.26. The molecule has 0 heterocycles.